The predicted octanol–water partition coefficient (Wildman–Crippen LogP) is 1.92. The molecular formula is C15H14N2O2. The molecule has 0 radical (unpaired) electrons. The summed E-state index contributed by atoms with van der Waals surface area (Å²) in [5.74, 6) is 5.23. The van der Waals surface area contributed by atoms with E-state index >= 15 is 0 Å². The molecule has 1 aromatic heterocycles. The Morgan fingerprint density at radius 3 is 2.89 bits per heavy atom. The Hall–Kier alpha value is -2.51. The topological polar surface area (TPSA) is 65.1 Å². The van der Waals surface area contributed by atoms with Gasteiger partial charge in [0, 0.05) is 17.4 Å². The van der Waals surface area contributed by atoms with Crippen molar-refractivity contribution in [2.24, 2.45) is 0 Å². The molecule has 19 heavy (non-hydrogen) atoms. The first kappa shape index (κ1) is 12.9. The van der Waals surface area contributed by atoms with Crippen LogP contribution in [0.2, 0.25) is 0 Å². The SMILES string of the molecule is Cc1cc(C#CCO)ccc1NC(=O)c1ccc[nH]1. The predicted molar refractivity (Wildman–Crippen MR) is 73.9 cm³/mol. The van der Waals surface area contributed by atoms with Crippen LogP contribution in [0, 0.1) is 18.8 Å². The van der Waals surface area contributed by atoms with Crippen molar-refractivity contribution in [1.29, 1.82) is 0 Å². The van der Waals surface area contributed by atoms with Gasteiger partial charge >= 0.3 is 0 Å². The average Bonchev–Trinajstić information content (AvgIpc) is 2.93. The Balaban J connectivity index is 2.15. The number of benzene rings is 1. The van der Waals surface area contributed by atoms with Crippen LogP contribution in [0.15, 0.2) is 36.5 Å². The number of carbonyl (C=O) groups is 1. The lowest BCUT2D eigenvalue weighted by Crippen LogP contribution is -2.13. The first-order valence-corrected chi connectivity index (χ1v) is 5.86. The normalized spacial score (nSPS) is 9.58. The number of aliphatic hydroxyl groups excluding tert-OH is 1. The van der Waals surface area contributed by atoms with E-state index in [1.165, 1.54) is 0 Å². The van der Waals surface area contributed by atoms with Crippen molar-refractivity contribution >= 4 is 11.6 Å². The fraction of sp³-hybridized carbons (Fsp3) is 0.133. The van der Waals surface area contributed by atoms with E-state index in [9.17, 15) is 4.79 Å². The summed E-state index contributed by atoms with van der Waals surface area (Å²) in [6.07, 6.45) is 1.70. The highest BCUT2D eigenvalue weighted by molar-refractivity contribution is 6.03. The summed E-state index contributed by atoms with van der Waals surface area (Å²) in [5.41, 5.74) is 2.99. The van der Waals surface area contributed by atoms with Gasteiger partial charge in [-0.25, -0.2) is 0 Å². The molecule has 96 valence electrons. The summed E-state index contributed by atoms with van der Waals surface area (Å²) in [4.78, 5) is 14.7. The molecule has 0 atom stereocenters. The molecule has 3 N–H and O–H groups in total. The van der Waals surface area contributed by atoms with Crippen LogP contribution in [-0.4, -0.2) is 22.6 Å². The van der Waals surface area contributed by atoms with Crippen LogP contribution in [-0.2, 0) is 0 Å². The largest absolute Gasteiger partial charge is 0.384 e. The zero-order chi connectivity index (χ0) is 13.7. The van der Waals surface area contributed by atoms with Gasteiger partial charge in [-0.1, -0.05) is 11.8 Å². The van der Waals surface area contributed by atoms with E-state index < -0.39 is 0 Å². The summed E-state index contributed by atoms with van der Waals surface area (Å²) >= 11 is 0. The number of aliphatic hydroxyl groups is 1. The van der Waals surface area contributed by atoms with Crippen LogP contribution in [0.4, 0.5) is 5.69 Å². The van der Waals surface area contributed by atoms with Crippen molar-refractivity contribution in [3.05, 3.63) is 53.3 Å². The molecule has 4 heteroatoms. The molecule has 1 heterocycles. The number of aromatic amines is 1. The van der Waals surface area contributed by atoms with Crippen LogP contribution in [0.1, 0.15) is 21.6 Å². The maximum absolute atomic E-state index is 11.9. The lowest BCUT2D eigenvalue weighted by Gasteiger charge is -2.07. The van der Waals surface area contributed by atoms with Crippen LogP contribution in [0.25, 0.3) is 0 Å². The summed E-state index contributed by atoms with van der Waals surface area (Å²) in [7, 11) is 0. The van der Waals surface area contributed by atoms with Gasteiger partial charge in [-0.15, -0.1) is 0 Å². The molecule has 2 aromatic rings. The second-order valence-electron chi connectivity index (χ2n) is 4.03. The number of rotatable bonds is 2. The van der Waals surface area contributed by atoms with Crippen molar-refractivity contribution in [3.8, 4) is 11.8 Å². The van der Waals surface area contributed by atoms with Gasteiger partial charge in [0.05, 0.1) is 0 Å². The Labute approximate surface area is 111 Å². The lowest BCUT2D eigenvalue weighted by molar-refractivity contribution is 0.102. The fourth-order valence-corrected chi connectivity index (χ4v) is 1.68. The van der Waals surface area contributed by atoms with Crippen molar-refractivity contribution < 1.29 is 9.90 Å². The minimum absolute atomic E-state index is 0.162. The molecule has 4 nitrogen and oxygen atoms in total. The summed E-state index contributed by atoms with van der Waals surface area (Å²) in [6, 6.07) is 8.96. The van der Waals surface area contributed by atoms with Gasteiger partial charge in [0.25, 0.3) is 5.91 Å². The molecule has 0 aliphatic carbocycles. The molecule has 2 rings (SSSR count). The molecular weight excluding hydrogens is 240 g/mol. The minimum atomic E-state index is -0.178. The third kappa shape index (κ3) is 3.24. The summed E-state index contributed by atoms with van der Waals surface area (Å²) in [6.45, 7) is 1.73. The van der Waals surface area contributed by atoms with Crippen molar-refractivity contribution in [2.45, 2.75) is 6.92 Å². The van der Waals surface area contributed by atoms with Crippen LogP contribution >= 0.6 is 0 Å². The van der Waals surface area contributed by atoms with E-state index in [2.05, 4.69) is 22.1 Å². The molecule has 0 bridgehead atoms. The van der Waals surface area contributed by atoms with Gasteiger partial charge in [0.2, 0.25) is 0 Å². The number of aromatic nitrogens is 1. The van der Waals surface area contributed by atoms with Gasteiger partial charge in [0.1, 0.15) is 12.3 Å². The van der Waals surface area contributed by atoms with Gasteiger partial charge in [-0.2, -0.15) is 0 Å². The molecule has 1 amide bonds. The number of amides is 1. The highest BCUT2D eigenvalue weighted by Gasteiger charge is 2.07. The van der Waals surface area contributed by atoms with Crippen molar-refractivity contribution in [1.82, 2.24) is 4.98 Å². The number of anilines is 1. The second-order valence-corrected chi connectivity index (χ2v) is 4.03. The number of H-pyrrole nitrogens is 1. The van der Waals surface area contributed by atoms with Crippen LogP contribution in [0.3, 0.4) is 0 Å². The van der Waals surface area contributed by atoms with Gasteiger partial charge in [0.15, 0.2) is 0 Å². The zero-order valence-corrected chi connectivity index (χ0v) is 10.5. The first-order chi connectivity index (χ1) is 9.20. The Morgan fingerprint density at radius 1 is 1.42 bits per heavy atom. The minimum Gasteiger partial charge on any atom is -0.384 e. The molecule has 0 fully saturated rings. The monoisotopic (exact) mass is 254 g/mol. The van der Waals surface area contributed by atoms with Crippen LogP contribution < -0.4 is 5.32 Å². The van der Waals surface area contributed by atoms with Crippen LogP contribution in [0.5, 0.6) is 0 Å². The molecule has 0 saturated heterocycles. The highest BCUT2D eigenvalue weighted by Crippen LogP contribution is 2.16. The number of hydrogen-bond donors (Lipinski definition) is 3. The average molecular weight is 254 g/mol. The van der Waals surface area contributed by atoms with E-state index in [1.54, 1.807) is 30.5 Å². The standard InChI is InChI=1S/C15H14N2O2/c1-11-10-12(4-3-9-18)6-7-13(11)17-15(19)14-5-2-8-16-14/h2,5-8,10,16,18H,9H2,1H3,(H,17,19). The molecule has 0 aliphatic heterocycles. The quantitative estimate of drug-likeness (QED) is 0.717. The second kappa shape index (κ2) is 5.89. The van der Waals surface area contributed by atoms with E-state index in [-0.39, 0.29) is 12.5 Å². The maximum atomic E-state index is 11.9. The van der Waals surface area contributed by atoms with Crippen molar-refractivity contribution in [3.63, 3.8) is 0 Å². The third-order valence-corrected chi connectivity index (χ3v) is 2.63. The lowest BCUT2D eigenvalue weighted by atomic mass is 10.1. The van der Waals surface area contributed by atoms with Gasteiger partial charge < -0.3 is 15.4 Å². The summed E-state index contributed by atoms with van der Waals surface area (Å²) < 4.78 is 0. The molecule has 1 aromatic carbocycles. The van der Waals surface area contributed by atoms with E-state index in [0.717, 1.165) is 16.8 Å². The van der Waals surface area contributed by atoms with E-state index in [1.807, 2.05) is 13.0 Å². The first-order valence-electron chi connectivity index (χ1n) is 5.86. The maximum Gasteiger partial charge on any atom is 0.272 e. The van der Waals surface area contributed by atoms with E-state index in [0.29, 0.717) is 5.69 Å². The Bertz CT molecular complexity index is 634. The Morgan fingerprint density at radius 2 is 2.26 bits per heavy atom. The number of aryl methyl sites for hydroxylation is 1. The molecule has 0 unspecified atom stereocenters. The van der Waals surface area contributed by atoms with E-state index in [4.69, 9.17) is 5.11 Å². The highest BCUT2D eigenvalue weighted by atomic mass is 16.2. The molecule has 0 spiro atoms. The fourth-order valence-electron chi connectivity index (χ4n) is 1.68. The number of carbonyl (C=O) groups excluding carboxylic acids is 1. The van der Waals surface area contributed by atoms with Gasteiger partial charge in [-0.3, -0.25) is 4.79 Å². The zero-order valence-electron chi connectivity index (χ0n) is 10.5. The number of nitrogens with one attached hydrogen (secondary N) is 2. The van der Waals surface area contributed by atoms with Gasteiger partial charge in [-0.05, 0) is 42.8 Å². The third-order valence-electron chi connectivity index (χ3n) is 2.63. The summed E-state index contributed by atoms with van der Waals surface area (Å²) in [5, 5.41) is 11.5. The molecule has 0 aliphatic rings. The van der Waals surface area contributed by atoms with Crippen molar-refractivity contribution in [2.75, 3.05) is 11.9 Å². The molecule has 0 saturated carbocycles. The smallest absolute Gasteiger partial charge is 0.272 e. The number of hydrogen-bond acceptors (Lipinski definition) is 2. The Kier molecular flexibility index (Phi) is 4.01.